The molecule has 0 spiro atoms. The minimum Gasteiger partial charge on any atom is -0.326 e. The molecule has 0 aliphatic heterocycles. The van der Waals surface area contributed by atoms with Crippen LogP contribution in [0.5, 0.6) is 0 Å². The number of carbonyl (C=O) groups excluding carboxylic acids is 1. The number of nitrogens with one attached hydrogen (secondary N) is 1. The van der Waals surface area contributed by atoms with E-state index in [0.29, 0.717) is 33.7 Å². The van der Waals surface area contributed by atoms with E-state index in [1.807, 2.05) is 0 Å². The summed E-state index contributed by atoms with van der Waals surface area (Å²) in [6.07, 6.45) is 3.32. The highest BCUT2D eigenvalue weighted by molar-refractivity contribution is 5.88. The fourth-order valence-electron chi connectivity index (χ4n) is 3.32. The fraction of sp³-hybridized carbons (Fsp3) is 0.0417. The zero-order valence-electron chi connectivity index (χ0n) is 17.1. The third-order valence-corrected chi connectivity index (χ3v) is 4.75. The van der Waals surface area contributed by atoms with Crippen LogP contribution in [0.1, 0.15) is 18.3 Å². The van der Waals surface area contributed by atoms with Crippen molar-refractivity contribution in [2.24, 2.45) is 0 Å². The van der Waals surface area contributed by atoms with Gasteiger partial charge in [0.25, 0.3) is 11.2 Å². The number of amides is 1. The highest BCUT2D eigenvalue weighted by Gasteiger charge is 2.11. The number of nitro groups is 1. The second-order valence-corrected chi connectivity index (χ2v) is 7.04. The maximum Gasteiger partial charge on any atom is 0.270 e. The quantitative estimate of drug-likeness (QED) is 0.375. The number of anilines is 1. The summed E-state index contributed by atoms with van der Waals surface area (Å²) in [5.74, 6) is 0.176. The number of hydrogen-bond acceptors (Lipinski definition) is 5. The van der Waals surface area contributed by atoms with Crippen molar-refractivity contribution < 1.29 is 9.72 Å². The van der Waals surface area contributed by atoms with Gasteiger partial charge in [0.1, 0.15) is 5.82 Å². The van der Waals surface area contributed by atoms with Gasteiger partial charge in [0.15, 0.2) is 0 Å². The lowest BCUT2D eigenvalue weighted by atomic mass is 10.1. The van der Waals surface area contributed by atoms with Crippen LogP contribution in [0.3, 0.4) is 0 Å². The molecule has 3 aromatic carbocycles. The number of rotatable bonds is 5. The predicted molar refractivity (Wildman–Crippen MR) is 124 cm³/mol. The summed E-state index contributed by atoms with van der Waals surface area (Å²) >= 11 is 0. The number of aromatic nitrogens is 2. The van der Waals surface area contributed by atoms with Gasteiger partial charge in [-0.05, 0) is 48.0 Å². The number of fused-ring (bicyclic) bond motifs is 1. The van der Waals surface area contributed by atoms with E-state index in [2.05, 4.69) is 10.3 Å². The van der Waals surface area contributed by atoms with Gasteiger partial charge in [-0.1, -0.05) is 30.3 Å². The summed E-state index contributed by atoms with van der Waals surface area (Å²) in [4.78, 5) is 39.8. The van der Waals surface area contributed by atoms with Crippen LogP contribution in [0.4, 0.5) is 11.4 Å². The molecule has 0 aliphatic carbocycles. The Morgan fingerprint density at radius 1 is 1.03 bits per heavy atom. The molecule has 0 atom stereocenters. The molecule has 0 unspecified atom stereocenters. The molecule has 0 radical (unpaired) electrons. The maximum absolute atomic E-state index is 13.3. The summed E-state index contributed by atoms with van der Waals surface area (Å²) in [5.41, 5.74) is 2.06. The molecule has 1 heterocycles. The molecule has 8 heteroatoms. The molecule has 0 aliphatic rings. The van der Waals surface area contributed by atoms with E-state index in [-0.39, 0.29) is 17.2 Å². The van der Waals surface area contributed by atoms with E-state index in [9.17, 15) is 19.7 Å². The molecule has 4 rings (SSSR count). The molecule has 0 bridgehead atoms. The van der Waals surface area contributed by atoms with Crippen LogP contribution in [0.25, 0.3) is 28.7 Å². The van der Waals surface area contributed by atoms with Crippen LogP contribution < -0.4 is 10.9 Å². The zero-order chi connectivity index (χ0) is 22.7. The van der Waals surface area contributed by atoms with Crippen molar-refractivity contribution in [3.63, 3.8) is 0 Å². The lowest BCUT2D eigenvalue weighted by Gasteiger charge is -2.12. The fourth-order valence-corrected chi connectivity index (χ4v) is 3.32. The Bertz CT molecular complexity index is 1420. The Kier molecular flexibility index (Phi) is 5.59. The van der Waals surface area contributed by atoms with Crippen molar-refractivity contribution in [2.75, 3.05) is 5.32 Å². The van der Waals surface area contributed by atoms with Crippen LogP contribution >= 0.6 is 0 Å². The van der Waals surface area contributed by atoms with Gasteiger partial charge >= 0.3 is 0 Å². The van der Waals surface area contributed by atoms with E-state index in [1.54, 1.807) is 72.8 Å². The smallest absolute Gasteiger partial charge is 0.270 e. The molecular formula is C24H18N4O4. The van der Waals surface area contributed by atoms with Crippen molar-refractivity contribution >= 4 is 40.3 Å². The second kappa shape index (κ2) is 8.65. The van der Waals surface area contributed by atoms with Gasteiger partial charge < -0.3 is 5.32 Å². The first-order chi connectivity index (χ1) is 15.4. The first kappa shape index (κ1) is 20.7. The average molecular weight is 426 g/mol. The zero-order valence-corrected chi connectivity index (χ0v) is 17.1. The van der Waals surface area contributed by atoms with Crippen molar-refractivity contribution in [3.05, 3.63) is 105 Å². The standard InChI is InChI=1S/C24H18N4O4/c1-16(29)25-18-10-12-19(13-11-18)27-23(26-22-8-3-2-7-21(22)24(27)30)14-9-17-5-4-6-20(15-17)28(31)32/h2-15H,1H3,(H,25,29). The Hall–Kier alpha value is -4.59. The molecule has 158 valence electrons. The first-order valence-corrected chi connectivity index (χ1v) is 9.75. The van der Waals surface area contributed by atoms with Gasteiger partial charge in [0.05, 0.1) is 21.5 Å². The second-order valence-electron chi connectivity index (χ2n) is 7.04. The third kappa shape index (κ3) is 4.29. The number of nitrogens with zero attached hydrogens (tertiary/aromatic N) is 3. The summed E-state index contributed by atoms with van der Waals surface area (Å²) in [6, 6.07) is 20.1. The third-order valence-electron chi connectivity index (χ3n) is 4.75. The van der Waals surface area contributed by atoms with Crippen molar-refractivity contribution in [1.82, 2.24) is 9.55 Å². The summed E-state index contributed by atoms with van der Waals surface area (Å²) in [6.45, 7) is 1.42. The number of para-hydroxylation sites is 1. The van der Waals surface area contributed by atoms with E-state index in [1.165, 1.54) is 23.6 Å². The van der Waals surface area contributed by atoms with E-state index in [0.717, 1.165) is 0 Å². The Balaban J connectivity index is 1.84. The Morgan fingerprint density at radius 2 is 1.78 bits per heavy atom. The molecule has 0 saturated heterocycles. The number of nitro benzene ring substituents is 1. The molecule has 1 amide bonds. The number of hydrogen-bond donors (Lipinski definition) is 1. The van der Waals surface area contributed by atoms with Gasteiger partial charge in [-0.2, -0.15) is 0 Å². The average Bonchev–Trinajstić information content (AvgIpc) is 2.78. The molecule has 8 nitrogen and oxygen atoms in total. The molecule has 4 aromatic rings. The van der Waals surface area contributed by atoms with Crippen molar-refractivity contribution in [3.8, 4) is 5.69 Å². The highest BCUT2D eigenvalue weighted by Crippen LogP contribution is 2.19. The summed E-state index contributed by atoms with van der Waals surface area (Å²) in [5, 5.41) is 14.2. The van der Waals surface area contributed by atoms with Crippen LogP contribution in [-0.4, -0.2) is 20.4 Å². The normalized spacial score (nSPS) is 11.0. The van der Waals surface area contributed by atoms with Gasteiger partial charge in [0.2, 0.25) is 5.91 Å². The van der Waals surface area contributed by atoms with Crippen LogP contribution in [-0.2, 0) is 4.79 Å². The van der Waals surface area contributed by atoms with E-state index in [4.69, 9.17) is 0 Å². The maximum atomic E-state index is 13.3. The van der Waals surface area contributed by atoms with E-state index >= 15 is 0 Å². The molecule has 0 fully saturated rings. The molecule has 32 heavy (non-hydrogen) atoms. The number of benzene rings is 3. The van der Waals surface area contributed by atoms with Crippen LogP contribution in [0.15, 0.2) is 77.6 Å². The van der Waals surface area contributed by atoms with E-state index < -0.39 is 4.92 Å². The highest BCUT2D eigenvalue weighted by atomic mass is 16.6. The van der Waals surface area contributed by atoms with Gasteiger partial charge in [0, 0.05) is 24.7 Å². The van der Waals surface area contributed by atoms with Crippen LogP contribution in [0.2, 0.25) is 0 Å². The molecule has 0 saturated carbocycles. The van der Waals surface area contributed by atoms with Crippen molar-refractivity contribution in [2.45, 2.75) is 6.92 Å². The lowest BCUT2D eigenvalue weighted by molar-refractivity contribution is -0.384. The Morgan fingerprint density at radius 3 is 2.50 bits per heavy atom. The summed E-state index contributed by atoms with van der Waals surface area (Å²) in [7, 11) is 0. The monoisotopic (exact) mass is 426 g/mol. The summed E-state index contributed by atoms with van der Waals surface area (Å²) < 4.78 is 1.47. The van der Waals surface area contributed by atoms with Gasteiger partial charge in [-0.3, -0.25) is 24.3 Å². The van der Waals surface area contributed by atoms with Crippen LogP contribution in [0, 0.1) is 10.1 Å². The largest absolute Gasteiger partial charge is 0.326 e. The molecule has 1 aromatic heterocycles. The molecular weight excluding hydrogens is 408 g/mol. The SMILES string of the molecule is CC(=O)Nc1ccc(-n2c(C=Cc3cccc([N+](=O)[O-])c3)nc3ccccc3c2=O)cc1. The first-order valence-electron chi connectivity index (χ1n) is 9.75. The number of carbonyl (C=O) groups is 1. The minimum absolute atomic E-state index is 0.0235. The lowest BCUT2D eigenvalue weighted by Crippen LogP contribution is -2.22. The van der Waals surface area contributed by atoms with Gasteiger partial charge in [-0.15, -0.1) is 0 Å². The minimum atomic E-state index is -0.460. The number of non-ortho nitro benzene ring substituents is 1. The van der Waals surface area contributed by atoms with Crippen molar-refractivity contribution in [1.29, 1.82) is 0 Å². The molecule has 1 N–H and O–H groups in total. The Labute approximate surface area is 182 Å². The topological polar surface area (TPSA) is 107 Å². The van der Waals surface area contributed by atoms with Gasteiger partial charge in [-0.25, -0.2) is 4.98 Å². The predicted octanol–water partition coefficient (Wildman–Crippen LogP) is 4.42.